The van der Waals surface area contributed by atoms with Crippen LogP contribution in [0, 0.1) is 11.3 Å². The van der Waals surface area contributed by atoms with E-state index < -0.39 is 0 Å². The van der Waals surface area contributed by atoms with Gasteiger partial charge < -0.3 is 10.2 Å². The van der Waals surface area contributed by atoms with E-state index in [0.29, 0.717) is 11.5 Å². The molecule has 3 heteroatoms. The van der Waals surface area contributed by atoms with Crippen molar-refractivity contribution in [1.82, 2.24) is 10.2 Å². The average molecular weight is 303 g/mol. The van der Waals surface area contributed by atoms with Crippen molar-refractivity contribution in [1.29, 1.82) is 0 Å². The van der Waals surface area contributed by atoms with Crippen LogP contribution in [0.2, 0.25) is 0 Å². The molecule has 2 nitrogen and oxygen atoms in total. The van der Waals surface area contributed by atoms with Crippen molar-refractivity contribution in [2.45, 2.75) is 59.9 Å². The van der Waals surface area contributed by atoms with Gasteiger partial charge in [-0.2, -0.15) is 11.8 Å². The zero-order chi connectivity index (χ0) is 15.6. The molecule has 0 fully saturated rings. The largest absolute Gasteiger partial charge is 0.316 e. The highest BCUT2D eigenvalue weighted by Gasteiger charge is 2.28. The highest BCUT2D eigenvalue weighted by Crippen LogP contribution is 2.27. The number of hydrogen-bond acceptors (Lipinski definition) is 3. The SMILES string of the molecule is CCC(CC)(CNCC(C)C)CN(C)C(C)CCSC. The van der Waals surface area contributed by atoms with E-state index in [1.165, 1.54) is 31.6 Å². The van der Waals surface area contributed by atoms with E-state index in [1.807, 2.05) is 11.8 Å². The molecule has 1 atom stereocenters. The fourth-order valence-electron chi connectivity index (χ4n) is 2.60. The first-order valence-electron chi connectivity index (χ1n) is 8.30. The molecular weight excluding hydrogens is 264 g/mol. The third-order valence-corrected chi connectivity index (χ3v) is 5.27. The Labute approximate surface area is 132 Å². The molecule has 0 aromatic carbocycles. The van der Waals surface area contributed by atoms with Crippen LogP contribution < -0.4 is 5.32 Å². The Morgan fingerprint density at radius 3 is 2.20 bits per heavy atom. The van der Waals surface area contributed by atoms with Crippen molar-refractivity contribution in [3.63, 3.8) is 0 Å². The molecule has 20 heavy (non-hydrogen) atoms. The van der Waals surface area contributed by atoms with E-state index in [0.717, 1.165) is 19.0 Å². The minimum atomic E-state index is 0.428. The molecule has 0 heterocycles. The predicted molar refractivity (Wildman–Crippen MR) is 95.8 cm³/mol. The zero-order valence-electron chi connectivity index (χ0n) is 15.0. The topological polar surface area (TPSA) is 15.3 Å². The number of hydrogen-bond donors (Lipinski definition) is 1. The Bertz CT molecular complexity index is 227. The Balaban J connectivity index is 4.41. The molecule has 0 bridgehead atoms. The lowest BCUT2D eigenvalue weighted by atomic mass is 9.81. The number of rotatable bonds is 12. The molecule has 0 radical (unpaired) electrons. The van der Waals surface area contributed by atoms with Crippen LogP contribution in [-0.2, 0) is 0 Å². The molecule has 0 rings (SSSR count). The van der Waals surface area contributed by atoms with E-state index >= 15 is 0 Å². The Hall–Kier alpha value is 0.270. The second kappa shape index (κ2) is 10.9. The summed E-state index contributed by atoms with van der Waals surface area (Å²) < 4.78 is 0. The van der Waals surface area contributed by atoms with Gasteiger partial charge >= 0.3 is 0 Å². The van der Waals surface area contributed by atoms with Crippen LogP contribution in [0.15, 0.2) is 0 Å². The first-order valence-corrected chi connectivity index (χ1v) is 9.70. The fraction of sp³-hybridized carbons (Fsp3) is 1.00. The second-order valence-corrected chi connectivity index (χ2v) is 7.76. The fourth-order valence-corrected chi connectivity index (χ4v) is 3.18. The maximum absolute atomic E-state index is 3.68. The maximum atomic E-state index is 3.68. The summed E-state index contributed by atoms with van der Waals surface area (Å²) in [6, 6.07) is 0.685. The molecular formula is C17H38N2S. The monoisotopic (exact) mass is 302 g/mol. The summed E-state index contributed by atoms with van der Waals surface area (Å²) in [4.78, 5) is 2.57. The summed E-state index contributed by atoms with van der Waals surface area (Å²) in [5.74, 6) is 2.00. The first kappa shape index (κ1) is 20.3. The Morgan fingerprint density at radius 2 is 1.75 bits per heavy atom. The molecule has 0 aromatic heterocycles. The smallest absolute Gasteiger partial charge is 0.00719 e. The highest BCUT2D eigenvalue weighted by atomic mass is 32.2. The maximum Gasteiger partial charge on any atom is 0.00719 e. The Kier molecular flexibility index (Phi) is 11.1. The molecule has 0 spiro atoms. The van der Waals surface area contributed by atoms with Crippen LogP contribution in [0.5, 0.6) is 0 Å². The van der Waals surface area contributed by atoms with Gasteiger partial charge in [0.05, 0.1) is 0 Å². The van der Waals surface area contributed by atoms with Crippen LogP contribution in [0.25, 0.3) is 0 Å². The zero-order valence-corrected chi connectivity index (χ0v) is 15.8. The lowest BCUT2D eigenvalue weighted by Gasteiger charge is -2.38. The summed E-state index contributed by atoms with van der Waals surface area (Å²) in [5.41, 5.74) is 0.428. The van der Waals surface area contributed by atoms with Crippen molar-refractivity contribution < 1.29 is 0 Å². The lowest BCUT2D eigenvalue weighted by molar-refractivity contribution is 0.125. The standard InChI is InChI=1S/C17H38N2S/c1-8-17(9-2,13-18-12-15(3)4)14-19(6)16(5)10-11-20-7/h15-16,18H,8-14H2,1-7H3. The van der Waals surface area contributed by atoms with E-state index in [2.05, 4.69) is 58.1 Å². The van der Waals surface area contributed by atoms with Gasteiger partial charge in [-0.15, -0.1) is 0 Å². The lowest BCUT2D eigenvalue weighted by Crippen LogP contribution is -2.45. The molecule has 0 aliphatic heterocycles. The van der Waals surface area contributed by atoms with Crippen molar-refractivity contribution >= 4 is 11.8 Å². The van der Waals surface area contributed by atoms with Crippen LogP contribution in [-0.4, -0.2) is 49.6 Å². The van der Waals surface area contributed by atoms with E-state index in [-0.39, 0.29) is 0 Å². The molecule has 122 valence electrons. The summed E-state index contributed by atoms with van der Waals surface area (Å²) in [5, 5.41) is 3.68. The van der Waals surface area contributed by atoms with Crippen molar-refractivity contribution in [3.05, 3.63) is 0 Å². The van der Waals surface area contributed by atoms with Gasteiger partial charge in [-0.1, -0.05) is 27.7 Å². The molecule has 0 saturated heterocycles. The summed E-state index contributed by atoms with van der Waals surface area (Å²) in [7, 11) is 2.30. The van der Waals surface area contributed by atoms with Gasteiger partial charge in [-0.05, 0) is 63.1 Å². The van der Waals surface area contributed by atoms with Crippen LogP contribution >= 0.6 is 11.8 Å². The molecule has 0 aliphatic carbocycles. The van der Waals surface area contributed by atoms with Crippen LogP contribution in [0.4, 0.5) is 0 Å². The van der Waals surface area contributed by atoms with E-state index in [1.54, 1.807) is 0 Å². The van der Waals surface area contributed by atoms with Gasteiger partial charge in [-0.25, -0.2) is 0 Å². The van der Waals surface area contributed by atoms with Gasteiger partial charge in [0.15, 0.2) is 0 Å². The molecule has 1 N–H and O–H groups in total. The van der Waals surface area contributed by atoms with Gasteiger partial charge in [0.2, 0.25) is 0 Å². The minimum absolute atomic E-state index is 0.428. The van der Waals surface area contributed by atoms with Gasteiger partial charge in [-0.3, -0.25) is 0 Å². The van der Waals surface area contributed by atoms with Gasteiger partial charge in [0.25, 0.3) is 0 Å². The summed E-state index contributed by atoms with van der Waals surface area (Å²) in [6.45, 7) is 15.1. The number of nitrogens with one attached hydrogen (secondary N) is 1. The third-order valence-electron chi connectivity index (χ3n) is 4.63. The van der Waals surface area contributed by atoms with Crippen molar-refractivity contribution in [3.8, 4) is 0 Å². The summed E-state index contributed by atoms with van der Waals surface area (Å²) >= 11 is 1.95. The van der Waals surface area contributed by atoms with Gasteiger partial charge in [0.1, 0.15) is 0 Å². The normalized spacial score (nSPS) is 14.2. The molecule has 0 amide bonds. The van der Waals surface area contributed by atoms with Crippen molar-refractivity contribution in [2.24, 2.45) is 11.3 Å². The molecule has 1 unspecified atom stereocenters. The third kappa shape index (κ3) is 7.90. The van der Waals surface area contributed by atoms with E-state index in [4.69, 9.17) is 0 Å². The molecule has 0 saturated carbocycles. The molecule has 0 aliphatic rings. The van der Waals surface area contributed by atoms with Crippen LogP contribution in [0.3, 0.4) is 0 Å². The number of thioether (sulfide) groups is 1. The molecule has 0 aromatic rings. The quantitative estimate of drug-likeness (QED) is 0.584. The highest BCUT2D eigenvalue weighted by molar-refractivity contribution is 7.98. The average Bonchev–Trinajstić information content (AvgIpc) is 2.42. The van der Waals surface area contributed by atoms with Gasteiger partial charge in [0, 0.05) is 19.1 Å². The van der Waals surface area contributed by atoms with Crippen molar-refractivity contribution in [2.75, 3.05) is 38.7 Å². The minimum Gasteiger partial charge on any atom is -0.316 e. The first-order chi connectivity index (χ1) is 9.40. The Morgan fingerprint density at radius 1 is 1.15 bits per heavy atom. The number of nitrogens with zero attached hydrogens (tertiary/aromatic N) is 1. The summed E-state index contributed by atoms with van der Waals surface area (Å²) in [6.07, 6.45) is 6.01. The van der Waals surface area contributed by atoms with Crippen LogP contribution in [0.1, 0.15) is 53.9 Å². The second-order valence-electron chi connectivity index (χ2n) is 6.78. The van der Waals surface area contributed by atoms with E-state index in [9.17, 15) is 0 Å². The predicted octanol–water partition coefficient (Wildman–Crippen LogP) is 4.11.